The van der Waals surface area contributed by atoms with E-state index in [0.29, 0.717) is 17.4 Å². The molecule has 0 amide bonds. The van der Waals surface area contributed by atoms with Crippen LogP contribution in [-0.2, 0) is 9.47 Å². The highest BCUT2D eigenvalue weighted by Gasteiger charge is 2.14. The Kier molecular flexibility index (Phi) is 11.1. The van der Waals surface area contributed by atoms with Crippen molar-refractivity contribution in [3.8, 4) is 0 Å². The van der Waals surface area contributed by atoms with Crippen molar-refractivity contribution in [2.24, 2.45) is 16.3 Å². The van der Waals surface area contributed by atoms with Crippen LogP contribution in [0.25, 0.3) is 0 Å². The van der Waals surface area contributed by atoms with Gasteiger partial charge in [-0.05, 0) is 57.3 Å². The normalized spacial score (nSPS) is 18.2. The summed E-state index contributed by atoms with van der Waals surface area (Å²) in [7, 11) is 0. The van der Waals surface area contributed by atoms with Gasteiger partial charge in [-0.2, -0.15) is 0 Å². The van der Waals surface area contributed by atoms with Gasteiger partial charge in [0.25, 0.3) is 0 Å². The second-order valence-corrected chi connectivity index (χ2v) is 8.39. The third kappa shape index (κ3) is 12.2. The predicted octanol–water partition coefficient (Wildman–Crippen LogP) is 3.59. The van der Waals surface area contributed by atoms with Crippen LogP contribution in [0.15, 0.2) is 4.99 Å². The molecule has 0 aromatic heterocycles. The van der Waals surface area contributed by atoms with Crippen molar-refractivity contribution >= 4 is 5.96 Å². The average molecular weight is 356 g/mol. The smallest absolute Gasteiger partial charge is 0.191 e. The molecule has 2 N–H and O–H groups in total. The summed E-state index contributed by atoms with van der Waals surface area (Å²) in [6.07, 6.45) is 5.61. The summed E-state index contributed by atoms with van der Waals surface area (Å²) in [6, 6.07) is 0.432. The molecule has 0 aromatic carbocycles. The molecule has 5 heteroatoms. The fraction of sp³-hybridized carbons (Fsp3) is 0.950. The van der Waals surface area contributed by atoms with Crippen LogP contribution in [-0.4, -0.2) is 51.5 Å². The van der Waals surface area contributed by atoms with Crippen LogP contribution < -0.4 is 10.6 Å². The van der Waals surface area contributed by atoms with Gasteiger partial charge in [0.05, 0.1) is 0 Å². The first-order chi connectivity index (χ1) is 11.9. The van der Waals surface area contributed by atoms with Crippen LogP contribution in [0.1, 0.15) is 66.7 Å². The van der Waals surface area contributed by atoms with E-state index in [1.807, 2.05) is 0 Å². The Labute approximate surface area is 155 Å². The SMILES string of the molecule is CCNC(=NCCCOCC1CCOCC1)NC(C)CCC(C)(C)C. The van der Waals surface area contributed by atoms with Crippen LogP contribution in [0.4, 0.5) is 0 Å². The second-order valence-electron chi connectivity index (χ2n) is 8.39. The summed E-state index contributed by atoms with van der Waals surface area (Å²) in [4.78, 5) is 4.68. The number of hydrogen-bond acceptors (Lipinski definition) is 3. The number of nitrogens with zero attached hydrogens (tertiary/aromatic N) is 1. The van der Waals surface area contributed by atoms with E-state index in [9.17, 15) is 0 Å². The van der Waals surface area contributed by atoms with Gasteiger partial charge in [0.2, 0.25) is 0 Å². The average Bonchev–Trinajstić information content (AvgIpc) is 2.56. The summed E-state index contributed by atoms with van der Waals surface area (Å²) in [5.74, 6) is 1.60. The maximum absolute atomic E-state index is 5.81. The molecule has 1 heterocycles. The first-order valence-electron chi connectivity index (χ1n) is 10.1. The molecule has 1 atom stereocenters. The molecule has 1 aliphatic rings. The second kappa shape index (κ2) is 12.5. The van der Waals surface area contributed by atoms with Gasteiger partial charge in [0.1, 0.15) is 0 Å². The van der Waals surface area contributed by atoms with E-state index in [1.54, 1.807) is 0 Å². The monoisotopic (exact) mass is 355 g/mol. The molecule has 0 saturated carbocycles. The van der Waals surface area contributed by atoms with Crippen LogP contribution in [0.3, 0.4) is 0 Å². The standard InChI is InChI=1S/C20H41N3O2/c1-6-21-19(23-17(2)8-11-20(3,4)5)22-12-7-13-25-16-18-9-14-24-15-10-18/h17-18H,6-16H2,1-5H3,(H2,21,22,23). The zero-order chi connectivity index (χ0) is 18.5. The minimum absolute atomic E-state index is 0.382. The number of aliphatic imine (C=N–C) groups is 1. The van der Waals surface area contributed by atoms with Crippen molar-refractivity contribution in [2.75, 3.05) is 39.5 Å². The predicted molar refractivity (Wildman–Crippen MR) is 106 cm³/mol. The van der Waals surface area contributed by atoms with Crippen molar-refractivity contribution in [3.63, 3.8) is 0 Å². The van der Waals surface area contributed by atoms with E-state index in [2.05, 4.69) is 50.2 Å². The van der Waals surface area contributed by atoms with Crippen molar-refractivity contribution in [2.45, 2.75) is 72.8 Å². The van der Waals surface area contributed by atoms with E-state index < -0.39 is 0 Å². The Morgan fingerprint density at radius 2 is 2.00 bits per heavy atom. The van der Waals surface area contributed by atoms with Crippen LogP contribution in [0.2, 0.25) is 0 Å². The minimum Gasteiger partial charge on any atom is -0.381 e. The Morgan fingerprint density at radius 3 is 2.64 bits per heavy atom. The molecular weight excluding hydrogens is 314 g/mol. The van der Waals surface area contributed by atoms with E-state index in [-0.39, 0.29) is 0 Å². The van der Waals surface area contributed by atoms with E-state index in [4.69, 9.17) is 9.47 Å². The fourth-order valence-corrected chi connectivity index (χ4v) is 2.80. The Bertz CT molecular complexity index is 360. The van der Waals surface area contributed by atoms with Gasteiger partial charge in [-0.1, -0.05) is 20.8 Å². The Morgan fingerprint density at radius 1 is 1.28 bits per heavy atom. The molecule has 1 fully saturated rings. The minimum atomic E-state index is 0.382. The summed E-state index contributed by atoms with van der Waals surface area (Å²) >= 11 is 0. The van der Waals surface area contributed by atoms with Crippen LogP contribution >= 0.6 is 0 Å². The molecular formula is C20H41N3O2. The van der Waals surface area contributed by atoms with Crippen molar-refractivity contribution in [3.05, 3.63) is 0 Å². The third-order valence-electron chi connectivity index (χ3n) is 4.47. The lowest BCUT2D eigenvalue weighted by atomic mass is 9.89. The van der Waals surface area contributed by atoms with Gasteiger partial charge < -0.3 is 20.1 Å². The molecule has 25 heavy (non-hydrogen) atoms. The zero-order valence-electron chi connectivity index (χ0n) is 17.2. The zero-order valence-corrected chi connectivity index (χ0v) is 17.2. The summed E-state index contributed by atoms with van der Waals surface area (Å²) in [5.41, 5.74) is 0.382. The lowest BCUT2D eigenvalue weighted by Gasteiger charge is -2.23. The summed E-state index contributed by atoms with van der Waals surface area (Å²) in [5, 5.41) is 6.85. The quantitative estimate of drug-likeness (QED) is 0.357. The first-order valence-corrected chi connectivity index (χ1v) is 10.1. The third-order valence-corrected chi connectivity index (χ3v) is 4.47. The van der Waals surface area contributed by atoms with Gasteiger partial charge in [-0.25, -0.2) is 0 Å². The van der Waals surface area contributed by atoms with E-state index in [0.717, 1.165) is 71.2 Å². The molecule has 1 saturated heterocycles. The summed E-state index contributed by atoms with van der Waals surface area (Å²) < 4.78 is 11.2. The van der Waals surface area contributed by atoms with E-state index >= 15 is 0 Å². The van der Waals surface area contributed by atoms with E-state index in [1.165, 1.54) is 6.42 Å². The van der Waals surface area contributed by atoms with Crippen molar-refractivity contribution in [1.82, 2.24) is 10.6 Å². The molecule has 0 bridgehead atoms. The van der Waals surface area contributed by atoms with Crippen molar-refractivity contribution < 1.29 is 9.47 Å². The molecule has 1 unspecified atom stereocenters. The van der Waals surface area contributed by atoms with Gasteiger partial charge >= 0.3 is 0 Å². The topological polar surface area (TPSA) is 54.9 Å². The maximum atomic E-state index is 5.81. The maximum Gasteiger partial charge on any atom is 0.191 e. The lowest BCUT2D eigenvalue weighted by molar-refractivity contribution is 0.0205. The molecule has 0 radical (unpaired) electrons. The highest BCUT2D eigenvalue weighted by Crippen LogP contribution is 2.21. The fourth-order valence-electron chi connectivity index (χ4n) is 2.80. The first kappa shape index (κ1) is 22.2. The Hall–Kier alpha value is -0.810. The largest absolute Gasteiger partial charge is 0.381 e. The highest BCUT2D eigenvalue weighted by molar-refractivity contribution is 5.80. The number of guanidine groups is 1. The lowest BCUT2D eigenvalue weighted by Crippen LogP contribution is -2.42. The number of rotatable bonds is 10. The number of hydrogen-bond donors (Lipinski definition) is 2. The molecule has 1 aliphatic heterocycles. The molecule has 0 aromatic rings. The molecule has 1 rings (SSSR count). The Balaban J connectivity index is 2.18. The molecule has 148 valence electrons. The number of ether oxygens (including phenoxy) is 2. The molecule has 0 aliphatic carbocycles. The van der Waals surface area contributed by atoms with Crippen LogP contribution in [0.5, 0.6) is 0 Å². The number of nitrogens with one attached hydrogen (secondary N) is 2. The van der Waals surface area contributed by atoms with Gasteiger partial charge in [0.15, 0.2) is 5.96 Å². The van der Waals surface area contributed by atoms with Crippen molar-refractivity contribution in [1.29, 1.82) is 0 Å². The van der Waals surface area contributed by atoms with Gasteiger partial charge in [-0.15, -0.1) is 0 Å². The highest BCUT2D eigenvalue weighted by atomic mass is 16.5. The van der Waals surface area contributed by atoms with Gasteiger partial charge in [-0.3, -0.25) is 4.99 Å². The molecule has 5 nitrogen and oxygen atoms in total. The van der Waals surface area contributed by atoms with Crippen LogP contribution in [0, 0.1) is 11.3 Å². The van der Waals surface area contributed by atoms with Gasteiger partial charge in [0, 0.05) is 45.6 Å². The summed E-state index contributed by atoms with van der Waals surface area (Å²) in [6.45, 7) is 16.3. The molecule has 0 spiro atoms.